The van der Waals surface area contributed by atoms with E-state index in [0.29, 0.717) is 5.82 Å². The van der Waals surface area contributed by atoms with Crippen molar-refractivity contribution in [1.29, 1.82) is 0 Å². The lowest BCUT2D eigenvalue weighted by atomic mass is 9.61. The fourth-order valence-electron chi connectivity index (χ4n) is 5.62. The third-order valence-corrected chi connectivity index (χ3v) is 7.95. The minimum atomic E-state index is -0.518. The molecule has 3 aliphatic rings. The SMILES string of the molecule is CC(C)N(C)C(=O)c1cc(F)ccc1Oc1nncnc1N1CC2(CC(Oc3ccnc4c3CNCC4)C2)C1. The highest BCUT2D eigenvalue weighted by Gasteiger charge is 2.54. The number of hydrogen-bond acceptors (Lipinski definition) is 9. The lowest BCUT2D eigenvalue weighted by Gasteiger charge is -2.58. The molecule has 3 aromatic rings. The van der Waals surface area contributed by atoms with Gasteiger partial charge in [0.15, 0.2) is 5.82 Å². The summed E-state index contributed by atoms with van der Waals surface area (Å²) in [5.41, 5.74) is 2.58. The highest BCUT2D eigenvalue weighted by Crippen LogP contribution is 2.52. The summed E-state index contributed by atoms with van der Waals surface area (Å²) in [7, 11) is 1.67. The summed E-state index contributed by atoms with van der Waals surface area (Å²) in [4.78, 5) is 25.6. The molecule has 204 valence electrons. The summed E-state index contributed by atoms with van der Waals surface area (Å²) < 4.78 is 26.5. The van der Waals surface area contributed by atoms with Crippen molar-refractivity contribution < 1.29 is 18.7 Å². The summed E-state index contributed by atoms with van der Waals surface area (Å²) in [5.74, 6) is 1.02. The Hall–Kier alpha value is -3.86. The minimum Gasteiger partial charge on any atom is -0.490 e. The Balaban J connectivity index is 1.12. The molecule has 1 amide bonds. The van der Waals surface area contributed by atoms with Crippen LogP contribution in [0.5, 0.6) is 17.4 Å². The maximum absolute atomic E-state index is 14.1. The van der Waals surface area contributed by atoms with Crippen LogP contribution < -0.4 is 19.7 Å². The quantitative estimate of drug-likeness (QED) is 0.489. The van der Waals surface area contributed by atoms with Gasteiger partial charge in [-0.1, -0.05) is 0 Å². The average molecular weight is 534 g/mol. The van der Waals surface area contributed by atoms with E-state index < -0.39 is 5.82 Å². The van der Waals surface area contributed by atoms with E-state index in [1.807, 2.05) is 26.1 Å². The van der Waals surface area contributed by atoms with Crippen molar-refractivity contribution in [3.05, 3.63) is 59.4 Å². The van der Waals surface area contributed by atoms with Gasteiger partial charge in [0.1, 0.15) is 29.7 Å². The van der Waals surface area contributed by atoms with E-state index in [-0.39, 0.29) is 40.7 Å². The molecule has 0 unspecified atom stereocenters. The van der Waals surface area contributed by atoms with Gasteiger partial charge in [-0.25, -0.2) is 9.37 Å². The fourth-order valence-corrected chi connectivity index (χ4v) is 5.62. The Morgan fingerprint density at radius 1 is 1.21 bits per heavy atom. The highest BCUT2D eigenvalue weighted by molar-refractivity contribution is 5.97. The molecule has 10 nitrogen and oxygen atoms in total. The van der Waals surface area contributed by atoms with Crippen LogP contribution in [0.4, 0.5) is 10.2 Å². The van der Waals surface area contributed by atoms with Crippen molar-refractivity contribution in [2.75, 3.05) is 31.6 Å². The van der Waals surface area contributed by atoms with Crippen LogP contribution in [0.15, 0.2) is 36.8 Å². The monoisotopic (exact) mass is 533 g/mol. The number of halogens is 1. The van der Waals surface area contributed by atoms with Crippen molar-refractivity contribution in [3.8, 4) is 17.4 Å². The Morgan fingerprint density at radius 2 is 2.03 bits per heavy atom. The van der Waals surface area contributed by atoms with Gasteiger partial charge in [-0.05, 0) is 51.0 Å². The van der Waals surface area contributed by atoms with Crippen molar-refractivity contribution in [3.63, 3.8) is 0 Å². The molecule has 1 saturated carbocycles. The van der Waals surface area contributed by atoms with Crippen molar-refractivity contribution in [1.82, 2.24) is 30.4 Å². The predicted octanol–water partition coefficient (Wildman–Crippen LogP) is 3.37. The number of carbonyl (C=O) groups is 1. The van der Waals surface area contributed by atoms with Crippen LogP contribution in [0.2, 0.25) is 0 Å². The molecule has 2 aromatic heterocycles. The lowest BCUT2D eigenvalue weighted by molar-refractivity contribution is -0.0350. The van der Waals surface area contributed by atoms with Crippen LogP contribution in [0, 0.1) is 11.2 Å². The summed E-state index contributed by atoms with van der Waals surface area (Å²) in [5, 5.41) is 11.4. The molecule has 1 N–H and O–H groups in total. The van der Waals surface area contributed by atoms with E-state index in [1.54, 1.807) is 7.05 Å². The van der Waals surface area contributed by atoms with E-state index in [9.17, 15) is 9.18 Å². The van der Waals surface area contributed by atoms with Crippen molar-refractivity contribution >= 4 is 11.7 Å². The highest BCUT2D eigenvalue weighted by atomic mass is 19.1. The average Bonchev–Trinajstić information content (AvgIpc) is 2.90. The number of anilines is 1. The first-order valence-electron chi connectivity index (χ1n) is 13.3. The van der Waals surface area contributed by atoms with E-state index in [1.165, 1.54) is 35.0 Å². The molecular formula is C28H32FN7O3. The summed E-state index contributed by atoms with van der Waals surface area (Å²) >= 11 is 0. The standard InChI is InChI=1S/C28H32FN7O3/c1-17(2)35(3)27(37)20-10-18(29)4-5-23(20)39-26-25(32-16-33-34-26)36-14-28(15-36)11-19(12-28)38-24-7-9-31-22-6-8-30-13-21(22)24/h4-5,7,9-10,16-17,19,30H,6,8,11-15H2,1-3H3. The number of aromatic nitrogens is 4. The Bertz CT molecular complexity index is 1390. The van der Waals surface area contributed by atoms with Gasteiger partial charge in [0.05, 0.1) is 5.56 Å². The number of ether oxygens (including phenoxy) is 2. The third-order valence-electron chi connectivity index (χ3n) is 7.95. The van der Waals surface area contributed by atoms with Gasteiger partial charge in [0.2, 0.25) is 0 Å². The zero-order valence-electron chi connectivity index (χ0n) is 22.4. The summed E-state index contributed by atoms with van der Waals surface area (Å²) in [6, 6.07) is 5.79. The van der Waals surface area contributed by atoms with Gasteiger partial charge in [-0.3, -0.25) is 9.78 Å². The van der Waals surface area contributed by atoms with Gasteiger partial charge in [0.25, 0.3) is 11.8 Å². The second-order valence-corrected chi connectivity index (χ2v) is 11.0. The molecule has 0 atom stereocenters. The summed E-state index contributed by atoms with van der Waals surface area (Å²) in [6.45, 7) is 7.11. The smallest absolute Gasteiger partial charge is 0.282 e. The zero-order valence-corrected chi connectivity index (χ0v) is 22.4. The maximum atomic E-state index is 14.1. The molecule has 39 heavy (non-hydrogen) atoms. The molecule has 1 aromatic carbocycles. The second kappa shape index (κ2) is 10.0. The Labute approximate surface area is 226 Å². The first-order valence-corrected chi connectivity index (χ1v) is 13.3. The molecule has 6 rings (SSSR count). The van der Waals surface area contributed by atoms with Crippen molar-refractivity contribution in [2.24, 2.45) is 5.41 Å². The maximum Gasteiger partial charge on any atom is 0.282 e. The van der Waals surface area contributed by atoms with Gasteiger partial charge in [0, 0.05) is 68.6 Å². The molecule has 1 saturated heterocycles. The molecule has 2 aliphatic heterocycles. The number of fused-ring (bicyclic) bond motifs is 1. The zero-order chi connectivity index (χ0) is 27.1. The fraction of sp³-hybridized carbons (Fsp3) is 0.464. The number of hydrogen-bond donors (Lipinski definition) is 1. The lowest BCUT2D eigenvalue weighted by Crippen LogP contribution is -2.65. The molecule has 0 bridgehead atoms. The minimum absolute atomic E-state index is 0.0597. The van der Waals surface area contributed by atoms with Crippen LogP contribution in [0.3, 0.4) is 0 Å². The second-order valence-electron chi connectivity index (χ2n) is 11.0. The van der Waals surface area contributed by atoms with E-state index in [2.05, 4.69) is 30.4 Å². The van der Waals surface area contributed by atoms with E-state index in [0.717, 1.165) is 56.9 Å². The van der Waals surface area contributed by atoms with Crippen LogP contribution in [0.25, 0.3) is 0 Å². The van der Waals surface area contributed by atoms with Gasteiger partial charge >= 0.3 is 0 Å². The van der Waals surface area contributed by atoms with Crippen LogP contribution >= 0.6 is 0 Å². The normalized spacial score (nSPS) is 17.8. The van der Waals surface area contributed by atoms with Crippen LogP contribution in [-0.2, 0) is 13.0 Å². The number of carbonyl (C=O) groups excluding carboxylic acids is 1. The first-order chi connectivity index (χ1) is 18.8. The third kappa shape index (κ3) is 4.87. The van der Waals surface area contributed by atoms with E-state index >= 15 is 0 Å². The first kappa shape index (κ1) is 25.4. The molecule has 1 spiro atoms. The van der Waals surface area contributed by atoms with Crippen LogP contribution in [-0.4, -0.2) is 69.8 Å². The molecule has 11 heteroatoms. The molecule has 2 fully saturated rings. The molecular weight excluding hydrogens is 501 g/mol. The van der Waals surface area contributed by atoms with E-state index in [4.69, 9.17) is 9.47 Å². The molecule has 4 heterocycles. The van der Waals surface area contributed by atoms with Gasteiger partial charge in [-0.2, -0.15) is 0 Å². The number of benzene rings is 1. The Kier molecular flexibility index (Phi) is 6.54. The van der Waals surface area contributed by atoms with Gasteiger partial charge < -0.3 is 24.6 Å². The number of nitrogens with zero attached hydrogens (tertiary/aromatic N) is 6. The largest absolute Gasteiger partial charge is 0.490 e. The Morgan fingerprint density at radius 3 is 2.82 bits per heavy atom. The predicted molar refractivity (Wildman–Crippen MR) is 141 cm³/mol. The topological polar surface area (TPSA) is 106 Å². The number of pyridine rings is 1. The van der Waals surface area contributed by atoms with Gasteiger partial charge in [-0.15, -0.1) is 10.2 Å². The van der Waals surface area contributed by atoms with Crippen LogP contribution in [0.1, 0.15) is 48.3 Å². The summed E-state index contributed by atoms with van der Waals surface area (Å²) in [6.07, 6.45) is 6.23. The number of amides is 1. The molecule has 1 aliphatic carbocycles. The van der Waals surface area contributed by atoms with Crippen molar-refractivity contribution in [2.45, 2.75) is 51.8 Å². The molecule has 0 radical (unpaired) electrons. The number of nitrogens with one attached hydrogen (secondary N) is 1. The number of rotatable bonds is 7.